The van der Waals surface area contributed by atoms with Crippen LogP contribution in [0.15, 0.2) is 53.5 Å². The Bertz CT molecular complexity index is 816. The van der Waals surface area contributed by atoms with Crippen molar-refractivity contribution in [1.29, 1.82) is 0 Å². The molecule has 1 aliphatic rings. The van der Waals surface area contributed by atoms with Gasteiger partial charge in [0.05, 0.1) is 11.4 Å². The summed E-state index contributed by atoms with van der Waals surface area (Å²) in [5.41, 5.74) is 3.64. The maximum Gasteiger partial charge on any atom is 0.248 e. The number of hydrogen-bond donors (Lipinski definition) is 0. The van der Waals surface area contributed by atoms with E-state index in [0.29, 0.717) is 11.6 Å². The first-order chi connectivity index (χ1) is 13.1. The first-order valence-electron chi connectivity index (χ1n) is 9.56. The Balaban J connectivity index is 1.92. The zero-order valence-corrected chi connectivity index (χ0v) is 16.7. The normalized spacial score (nSPS) is 14.1. The molecule has 142 valence electrons. The number of nitrogens with zero attached hydrogens (tertiary/aromatic N) is 3. The minimum Gasteiger partial charge on any atom is -0.310 e. The zero-order chi connectivity index (χ0) is 19.2. The van der Waals surface area contributed by atoms with Gasteiger partial charge in [-0.05, 0) is 44.3 Å². The van der Waals surface area contributed by atoms with Crippen LogP contribution in [0.5, 0.6) is 0 Å². The quantitative estimate of drug-likeness (QED) is 0.716. The predicted molar refractivity (Wildman–Crippen MR) is 113 cm³/mol. The molecule has 1 amide bonds. The van der Waals surface area contributed by atoms with Gasteiger partial charge in [0.2, 0.25) is 5.91 Å². The number of carbonyl (C=O) groups is 1. The second kappa shape index (κ2) is 9.16. The third kappa shape index (κ3) is 4.57. The lowest BCUT2D eigenvalue weighted by Crippen LogP contribution is -2.35. The minimum absolute atomic E-state index is 0.0315. The largest absolute Gasteiger partial charge is 0.310 e. The van der Waals surface area contributed by atoms with Crippen molar-refractivity contribution >= 4 is 28.9 Å². The van der Waals surface area contributed by atoms with Gasteiger partial charge in [0, 0.05) is 22.7 Å². The summed E-state index contributed by atoms with van der Waals surface area (Å²) in [6, 6.07) is 15.7. The highest BCUT2D eigenvalue weighted by Crippen LogP contribution is 2.29. The number of anilines is 1. The van der Waals surface area contributed by atoms with Gasteiger partial charge in [-0.1, -0.05) is 55.8 Å². The van der Waals surface area contributed by atoms with Gasteiger partial charge in [-0.25, -0.2) is 0 Å². The van der Waals surface area contributed by atoms with Gasteiger partial charge in [0.15, 0.2) is 0 Å². The number of rotatable bonds is 7. The Morgan fingerprint density at radius 1 is 1.11 bits per heavy atom. The molecular formula is C22H26ClN3O. The predicted octanol–water partition coefficient (Wildman–Crippen LogP) is 4.26. The molecule has 1 aliphatic heterocycles. The van der Waals surface area contributed by atoms with Gasteiger partial charge in [0.1, 0.15) is 6.54 Å². The number of aliphatic imine (C=N–C) groups is 1. The summed E-state index contributed by atoms with van der Waals surface area (Å²) in [5, 5.41) is 0.648. The minimum atomic E-state index is 0.0315. The summed E-state index contributed by atoms with van der Waals surface area (Å²) in [4.78, 5) is 21.7. The van der Waals surface area contributed by atoms with Crippen LogP contribution < -0.4 is 4.90 Å². The standard InChI is InChI=1S/C22H26ClN3O/c1-3-25(4-2)13-8-14-26-20-12-11-18(23)15-19(20)22(24-16-21(26)27)17-9-6-5-7-10-17/h5-7,9-12,15H,3-4,8,13-14,16H2,1-2H3. The molecule has 0 saturated carbocycles. The Kier molecular flexibility index (Phi) is 6.64. The Morgan fingerprint density at radius 3 is 2.56 bits per heavy atom. The smallest absolute Gasteiger partial charge is 0.248 e. The van der Waals surface area contributed by atoms with E-state index in [1.807, 2.05) is 53.4 Å². The van der Waals surface area contributed by atoms with E-state index in [9.17, 15) is 4.79 Å². The lowest BCUT2D eigenvalue weighted by atomic mass is 10.00. The summed E-state index contributed by atoms with van der Waals surface area (Å²) in [6.07, 6.45) is 0.927. The molecule has 2 aromatic rings. The van der Waals surface area contributed by atoms with E-state index in [4.69, 9.17) is 11.6 Å². The van der Waals surface area contributed by atoms with Crippen molar-refractivity contribution in [2.45, 2.75) is 20.3 Å². The van der Waals surface area contributed by atoms with Crippen LogP contribution in [0.4, 0.5) is 5.69 Å². The monoisotopic (exact) mass is 383 g/mol. The van der Waals surface area contributed by atoms with Crippen LogP contribution in [0.25, 0.3) is 0 Å². The highest BCUT2D eigenvalue weighted by molar-refractivity contribution is 6.32. The van der Waals surface area contributed by atoms with Gasteiger partial charge in [-0.2, -0.15) is 0 Å². The van der Waals surface area contributed by atoms with E-state index in [1.54, 1.807) is 0 Å². The van der Waals surface area contributed by atoms with Crippen molar-refractivity contribution < 1.29 is 4.79 Å². The number of carbonyl (C=O) groups excluding carboxylic acids is 1. The number of benzodiazepines with no additional fused rings is 1. The lowest BCUT2D eigenvalue weighted by Gasteiger charge is -2.25. The Labute approximate surface area is 166 Å². The zero-order valence-electron chi connectivity index (χ0n) is 16.0. The molecule has 0 saturated heterocycles. The van der Waals surface area contributed by atoms with Crippen molar-refractivity contribution in [1.82, 2.24) is 4.90 Å². The van der Waals surface area contributed by atoms with E-state index in [1.165, 1.54) is 0 Å². The fraction of sp³-hybridized carbons (Fsp3) is 0.364. The number of fused-ring (bicyclic) bond motifs is 1. The molecule has 5 heteroatoms. The Morgan fingerprint density at radius 2 is 1.85 bits per heavy atom. The third-order valence-electron chi connectivity index (χ3n) is 4.98. The maximum absolute atomic E-state index is 12.8. The summed E-state index contributed by atoms with van der Waals surface area (Å²) in [5.74, 6) is 0.0315. The van der Waals surface area contributed by atoms with Crippen LogP contribution in [-0.4, -0.2) is 49.2 Å². The summed E-state index contributed by atoms with van der Waals surface area (Å²) >= 11 is 6.29. The topological polar surface area (TPSA) is 35.9 Å². The summed E-state index contributed by atoms with van der Waals surface area (Å²) < 4.78 is 0. The van der Waals surface area contributed by atoms with Crippen LogP contribution >= 0.6 is 11.6 Å². The molecule has 0 aromatic heterocycles. The maximum atomic E-state index is 12.8. The fourth-order valence-corrected chi connectivity index (χ4v) is 3.64. The van der Waals surface area contributed by atoms with Crippen molar-refractivity contribution in [3.63, 3.8) is 0 Å². The van der Waals surface area contributed by atoms with E-state index in [0.717, 1.165) is 48.6 Å². The number of amides is 1. The molecule has 0 radical (unpaired) electrons. The highest BCUT2D eigenvalue weighted by Gasteiger charge is 2.25. The molecule has 0 N–H and O–H groups in total. The van der Waals surface area contributed by atoms with Gasteiger partial charge >= 0.3 is 0 Å². The molecule has 0 bridgehead atoms. The lowest BCUT2D eigenvalue weighted by molar-refractivity contribution is -0.117. The molecular weight excluding hydrogens is 358 g/mol. The molecule has 27 heavy (non-hydrogen) atoms. The molecule has 0 spiro atoms. The van der Waals surface area contributed by atoms with Gasteiger partial charge in [-0.3, -0.25) is 9.79 Å². The molecule has 1 heterocycles. The average molecular weight is 384 g/mol. The second-order valence-electron chi connectivity index (χ2n) is 6.62. The molecule has 3 rings (SSSR count). The van der Waals surface area contributed by atoms with Crippen molar-refractivity contribution in [3.8, 4) is 0 Å². The van der Waals surface area contributed by atoms with Crippen molar-refractivity contribution in [2.75, 3.05) is 37.6 Å². The van der Waals surface area contributed by atoms with Gasteiger partial charge < -0.3 is 9.80 Å². The fourth-order valence-electron chi connectivity index (χ4n) is 3.47. The van der Waals surface area contributed by atoms with Crippen LogP contribution in [0, 0.1) is 0 Å². The Hall–Kier alpha value is -2.17. The van der Waals surface area contributed by atoms with Crippen LogP contribution in [-0.2, 0) is 4.79 Å². The number of halogens is 1. The molecule has 0 fully saturated rings. The SMILES string of the molecule is CCN(CC)CCCN1C(=O)CN=C(c2ccccc2)c2cc(Cl)ccc21. The molecule has 0 atom stereocenters. The van der Waals surface area contributed by atoms with E-state index in [2.05, 4.69) is 23.7 Å². The van der Waals surface area contributed by atoms with Crippen molar-refractivity contribution in [2.24, 2.45) is 4.99 Å². The van der Waals surface area contributed by atoms with E-state index in [-0.39, 0.29) is 12.5 Å². The van der Waals surface area contributed by atoms with Gasteiger partial charge in [-0.15, -0.1) is 0 Å². The van der Waals surface area contributed by atoms with Crippen LogP contribution in [0.3, 0.4) is 0 Å². The van der Waals surface area contributed by atoms with E-state index < -0.39 is 0 Å². The summed E-state index contributed by atoms with van der Waals surface area (Å²) in [6.45, 7) is 8.20. The molecule has 2 aromatic carbocycles. The number of benzene rings is 2. The average Bonchev–Trinajstić information content (AvgIpc) is 2.82. The van der Waals surface area contributed by atoms with Gasteiger partial charge in [0.25, 0.3) is 0 Å². The molecule has 0 aliphatic carbocycles. The molecule has 4 nitrogen and oxygen atoms in total. The van der Waals surface area contributed by atoms with E-state index >= 15 is 0 Å². The number of hydrogen-bond acceptors (Lipinski definition) is 3. The van der Waals surface area contributed by atoms with Crippen LogP contribution in [0.2, 0.25) is 5.02 Å². The van der Waals surface area contributed by atoms with Crippen molar-refractivity contribution in [3.05, 3.63) is 64.7 Å². The van der Waals surface area contributed by atoms with Crippen LogP contribution in [0.1, 0.15) is 31.4 Å². The summed E-state index contributed by atoms with van der Waals surface area (Å²) in [7, 11) is 0. The molecule has 0 unspecified atom stereocenters. The first-order valence-corrected chi connectivity index (χ1v) is 9.94. The first kappa shape index (κ1) is 19.6. The highest BCUT2D eigenvalue weighted by atomic mass is 35.5. The third-order valence-corrected chi connectivity index (χ3v) is 5.21. The second-order valence-corrected chi connectivity index (χ2v) is 7.05.